The minimum absolute atomic E-state index is 0.817. The minimum Gasteiger partial charge on any atom is -0.354 e. The van der Waals surface area contributed by atoms with Gasteiger partial charge in [0, 0.05) is 19.3 Å². The van der Waals surface area contributed by atoms with Gasteiger partial charge in [-0.25, -0.2) is 0 Å². The maximum atomic E-state index is 4.01. The lowest BCUT2D eigenvalue weighted by molar-refractivity contribution is 0.442. The Kier molecular flexibility index (Phi) is 1.49. The standard InChI is InChI=1S/C8H11N3/c1-7-5-11(6-7)8-3-2-4-9-10-8/h2-4,7H,5-6H2,1H3. The van der Waals surface area contributed by atoms with E-state index in [1.807, 2.05) is 12.1 Å². The molecule has 58 valence electrons. The van der Waals surface area contributed by atoms with Crippen LogP contribution >= 0.6 is 0 Å². The van der Waals surface area contributed by atoms with Crippen LogP contribution in [0.5, 0.6) is 0 Å². The number of rotatable bonds is 1. The molecule has 0 unspecified atom stereocenters. The predicted octanol–water partition coefficient (Wildman–Crippen LogP) is 0.933. The van der Waals surface area contributed by atoms with Gasteiger partial charge in [-0.2, -0.15) is 5.10 Å². The Labute approximate surface area is 66.1 Å². The van der Waals surface area contributed by atoms with Crippen molar-refractivity contribution in [1.29, 1.82) is 0 Å². The van der Waals surface area contributed by atoms with Crippen molar-refractivity contribution in [2.75, 3.05) is 18.0 Å². The van der Waals surface area contributed by atoms with E-state index in [0.717, 1.165) is 24.8 Å². The molecule has 0 spiro atoms. The molecule has 3 heteroatoms. The predicted molar refractivity (Wildman–Crippen MR) is 43.4 cm³/mol. The summed E-state index contributed by atoms with van der Waals surface area (Å²) in [5, 5.41) is 7.83. The van der Waals surface area contributed by atoms with Crippen LogP contribution in [0.2, 0.25) is 0 Å². The number of anilines is 1. The van der Waals surface area contributed by atoms with Gasteiger partial charge in [0.25, 0.3) is 0 Å². The van der Waals surface area contributed by atoms with Gasteiger partial charge in [-0.3, -0.25) is 0 Å². The Morgan fingerprint density at radius 2 is 2.36 bits per heavy atom. The summed E-state index contributed by atoms with van der Waals surface area (Å²) in [5.41, 5.74) is 0. The average molecular weight is 149 g/mol. The zero-order valence-corrected chi connectivity index (χ0v) is 6.57. The fourth-order valence-electron chi connectivity index (χ4n) is 1.35. The lowest BCUT2D eigenvalue weighted by Gasteiger charge is -2.37. The average Bonchev–Trinajstić information content (AvgIpc) is 2.01. The van der Waals surface area contributed by atoms with E-state index >= 15 is 0 Å². The number of aromatic nitrogens is 2. The van der Waals surface area contributed by atoms with Crippen LogP contribution in [0.25, 0.3) is 0 Å². The van der Waals surface area contributed by atoms with E-state index in [2.05, 4.69) is 22.0 Å². The van der Waals surface area contributed by atoms with Crippen LogP contribution in [0, 0.1) is 5.92 Å². The largest absolute Gasteiger partial charge is 0.354 e. The molecule has 3 nitrogen and oxygen atoms in total. The second-order valence-electron chi connectivity index (χ2n) is 3.09. The molecule has 1 aliphatic heterocycles. The van der Waals surface area contributed by atoms with Crippen LogP contribution in [0.1, 0.15) is 6.92 Å². The topological polar surface area (TPSA) is 29.0 Å². The molecule has 0 N–H and O–H groups in total. The van der Waals surface area contributed by atoms with E-state index in [1.165, 1.54) is 0 Å². The molecular weight excluding hydrogens is 138 g/mol. The molecule has 0 amide bonds. The van der Waals surface area contributed by atoms with Gasteiger partial charge in [-0.05, 0) is 18.1 Å². The quantitative estimate of drug-likeness (QED) is 0.595. The van der Waals surface area contributed by atoms with Crippen molar-refractivity contribution in [2.24, 2.45) is 5.92 Å². The Balaban J connectivity index is 2.08. The van der Waals surface area contributed by atoms with Crippen LogP contribution < -0.4 is 4.90 Å². The molecule has 1 aromatic heterocycles. The van der Waals surface area contributed by atoms with Gasteiger partial charge in [-0.15, -0.1) is 5.10 Å². The Morgan fingerprint density at radius 3 is 2.91 bits per heavy atom. The van der Waals surface area contributed by atoms with Gasteiger partial charge in [0.2, 0.25) is 0 Å². The molecule has 1 saturated heterocycles. The first-order chi connectivity index (χ1) is 5.36. The molecule has 0 saturated carbocycles. The van der Waals surface area contributed by atoms with Gasteiger partial charge in [0.1, 0.15) is 0 Å². The van der Waals surface area contributed by atoms with Crippen LogP contribution in [0.4, 0.5) is 5.82 Å². The third-order valence-electron chi connectivity index (χ3n) is 1.95. The molecule has 0 radical (unpaired) electrons. The molecule has 0 bridgehead atoms. The SMILES string of the molecule is CC1CN(c2cccnn2)C1. The minimum atomic E-state index is 0.817. The van der Waals surface area contributed by atoms with E-state index in [-0.39, 0.29) is 0 Å². The maximum absolute atomic E-state index is 4.01. The second kappa shape index (κ2) is 2.49. The van der Waals surface area contributed by atoms with E-state index in [1.54, 1.807) is 6.20 Å². The third kappa shape index (κ3) is 1.18. The first-order valence-electron chi connectivity index (χ1n) is 3.89. The van der Waals surface area contributed by atoms with Crippen molar-refractivity contribution in [1.82, 2.24) is 10.2 Å². The highest BCUT2D eigenvalue weighted by Gasteiger charge is 2.23. The smallest absolute Gasteiger partial charge is 0.151 e. The molecule has 0 atom stereocenters. The summed E-state index contributed by atoms with van der Waals surface area (Å²) in [6.45, 7) is 4.49. The Bertz CT molecular complexity index is 228. The van der Waals surface area contributed by atoms with Gasteiger partial charge >= 0.3 is 0 Å². The van der Waals surface area contributed by atoms with Crippen LogP contribution in [-0.4, -0.2) is 23.3 Å². The van der Waals surface area contributed by atoms with Gasteiger partial charge < -0.3 is 4.90 Å². The van der Waals surface area contributed by atoms with Crippen LogP contribution in [0.15, 0.2) is 18.3 Å². The molecule has 1 fully saturated rings. The van der Waals surface area contributed by atoms with Crippen molar-refractivity contribution in [2.45, 2.75) is 6.92 Å². The fraction of sp³-hybridized carbons (Fsp3) is 0.500. The Morgan fingerprint density at radius 1 is 1.55 bits per heavy atom. The zero-order chi connectivity index (χ0) is 7.68. The lowest BCUT2D eigenvalue weighted by atomic mass is 10.0. The van der Waals surface area contributed by atoms with E-state index in [0.29, 0.717) is 0 Å². The molecule has 1 aliphatic rings. The summed E-state index contributed by atoms with van der Waals surface area (Å²) >= 11 is 0. The highest BCUT2D eigenvalue weighted by molar-refractivity contribution is 5.39. The molecule has 0 aromatic carbocycles. The Hall–Kier alpha value is -1.12. The fourth-order valence-corrected chi connectivity index (χ4v) is 1.35. The van der Waals surface area contributed by atoms with Gasteiger partial charge in [0.15, 0.2) is 5.82 Å². The van der Waals surface area contributed by atoms with Crippen LogP contribution in [-0.2, 0) is 0 Å². The lowest BCUT2D eigenvalue weighted by Crippen LogP contribution is -2.45. The molecule has 11 heavy (non-hydrogen) atoms. The monoisotopic (exact) mass is 149 g/mol. The summed E-state index contributed by atoms with van der Waals surface area (Å²) < 4.78 is 0. The summed E-state index contributed by atoms with van der Waals surface area (Å²) in [6, 6.07) is 3.92. The molecule has 2 rings (SSSR count). The highest BCUT2D eigenvalue weighted by Crippen LogP contribution is 2.20. The molecule has 2 heterocycles. The second-order valence-corrected chi connectivity index (χ2v) is 3.09. The first kappa shape index (κ1) is 6.58. The molecular formula is C8H11N3. The van der Waals surface area contributed by atoms with Crippen molar-refractivity contribution >= 4 is 5.82 Å². The summed E-state index contributed by atoms with van der Waals surface area (Å²) in [4.78, 5) is 2.23. The van der Waals surface area contributed by atoms with Crippen LogP contribution in [0.3, 0.4) is 0 Å². The number of hydrogen-bond donors (Lipinski definition) is 0. The third-order valence-corrected chi connectivity index (χ3v) is 1.95. The first-order valence-corrected chi connectivity index (χ1v) is 3.89. The normalized spacial score (nSPS) is 18.1. The van der Waals surface area contributed by atoms with Crippen molar-refractivity contribution in [3.05, 3.63) is 18.3 Å². The molecule has 1 aromatic rings. The highest BCUT2D eigenvalue weighted by atomic mass is 15.3. The molecule has 0 aliphatic carbocycles. The van der Waals surface area contributed by atoms with E-state index in [9.17, 15) is 0 Å². The van der Waals surface area contributed by atoms with Crippen molar-refractivity contribution < 1.29 is 0 Å². The summed E-state index contributed by atoms with van der Waals surface area (Å²) in [5.74, 6) is 1.82. The zero-order valence-electron chi connectivity index (χ0n) is 6.57. The number of nitrogens with zero attached hydrogens (tertiary/aromatic N) is 3. The van der Waals surface area contributed by atoms with E-state index < -0.39 is 0 Å². The summed E-state index contributed by atoms with van der Waals surface area (Å²) in [6.07, 6.45) is 1.70. The maximum Gasteiger partial charge on any atom is 0.151 e. The van der Waals surface area contributed by atoms with Gasteiger partial charge in [0.05, 0.1) is 0 Å². The number of hydrogen-bond acceptors (Lipinski definition) is 3. The van der Waals surface area contributed by atoms with Gasteiger partial charge in [-0.1, -0.05) is 6.92 Å². The summed E-state index contributed by atoms with van der Waals surface area (Å²) in [7, 11) is 0. The van der Waals surface area contributed by atoms with E-state index in [4.69, 9.17) is 0 Å². The van der Waals surface area contributed by atoms with Crippen molar-refractivity contribution in [3.8, 4) is 0 Å². The van der Waals surface area contributed by atoms with Crippen molar-refractivity contribution in [3.63, 3.8) is 0 Å².